The van der Waals surface area contributed by atoms with Crippen LogP contribution in [0.1, 0.15) is 0 Å². The van der Waals surface area contributed by atoms with E-state index in [4.69, 9.17) is 28.3 Å². The molecule has 0 aliphatic rings. The number of aliphatic carboxylic acids is 1. The second kappa shape index (κ2) is 8.19. The van der Waals surface area contributed by atoms with Crippen molar-refractivity contribution in [2.24, 2.45) is 0 Å². The Hall–Kier alpha value is -1.17. The molecule has 0 fully saturated rings. The van der Waals surface area contributed by atoms with Crippen LogP contribution in [0.3, 0.4) is 0 Å². The maximum absolute atomic E-state index is 12.0. The summed E-state index contributed by atoms with van der Waals surface area (Å²) >= 11 is 13.1. The number of amides is 1. The van der Waals surface area contributed by atoms with E-state index < -0.39 is 5.97 Å². The molecule has 4 nitrogen and oxygen atoms in total. The van der Waals surface area contributed by atoms with Gasteiger partial charge in [0.05, 0.1) is 10.8 Å². The van der Waals surface area contributed by atoms with Gasteiger partial charge in [-0.15, -0.1) is 18.3 Å². The highest BCUT2D eigenvalue weighted by atomic mass is 35.5. The van der Waals surface area contributed by atoms with Crippen molar-refractivity contribution in [2.75, 3.05) is 18.8 Å². The van der Waals surface area contributed by atoms with Crippen LogP contribution in [0.2, 0.25) is 10.0 Å². The molecular weight excluding hydrogens is 321 g/mol. The number of hydrogen-bond donors (Lipinski definition) is 1. The molecular formula is C13H13Cl2NO3S. The Morgan fingerprint density at radius 2 is 2.10 bits per heavy atom. The van der Waals surface area contributed by atoms with Crippen molar-refractivity contribution in [1.29, 1.82) is 0 Å². The molecule has 7 heteroatoms. The van der Waals surface area contributed by atoms with Crippen LogP contribution in [0.4, 0.5) is 0 Å². The van der Waals surface area contributed by atoms with E-state index in [0.717, 1.165) is 0 Å². The zero-order chi connectivity index (χ0) is 15.1. The summed E-state index contributed by atoms with van der Waals surface area (Å²) in [6, 6.07) is 4.97. The summed E-state index contributed by atoms with van der Waals surface area (Å²) in [5, 5.41) is 9.78. The first-order valence-corrected chi connectivity index (χ1v) is 7.36. The molecule has 1 aromatic rings. The van der Waals surface area contributed by atoms with Crippen LogP contribution in [0, 0.1) is 0 Å². The monoisotopic (exact) mass is 333 g/mol. The average Bonchev–Trinajstić information content (AvgIpc) is 2.38. The number of carboxylic acids is 1. The second-order valence-corrected chi connectivity index (χ2v) is 5.68. The van der Waals surface area contributed by atoms with Crippen molar-refractivity contribution in [3.63, 3.8) is 0 Å². The van der Waals surface area contributed by atoms with Crippen molar-refractivity contribution >= 4 is 46.8 Å². The van der Waals surface area contributed by atoms with Crippen LogP contribution in [-0.4, -0.2) is 40.7 Å². The van der Waals surface area contributed by atoms with Crippen LogP contribution >= 0.6 is 35.0 Å². The molecule has 0 spiro atoms. The minimum absolute atomic E-state index is 0.0845. The fraction of sp³-hybridized carbons (Fsp3) is 0.231. The van der Waals surface area contributed by atoms with Crippen molar-refractivity contribution in [2.45, 2.75) is 4.90 Å². The van der Waals surface area contributed by atoms with Gasteiger partial charge in [-0.3, -0.25) is 9.59 Å². The molecule has 0 aromatic heterocycles. The summed E-state index contributed by atoms with van der Waals surface area (Å²) in [6.07, 6.45) is 1.48. The number of nitrogens with zero attached hydrogens (tertiary/aromatic N) is 1. The number of benzene rings is 1. The molecule has 0 atom stereocenters. The SMILES string of the molecule is C=CCN(CC(=O)O)C(=O)CSc1cc(Cl)ccc1Cl. The molecule has 0 aliphatic heterocycles. The highest BCUT2D eigenvalue weighted by molar-refractivity contribution is 8.00. The van der Waals surface area contributed by atoms with Gasteiger partial charge >= 0.3 is 5.97 Å². The van der Waals surface area contributed by atoms with Gasteiger partial charge in [0, 0.05) is 16.5 Å². The van der Waals surface area contributed by atoms with E-state index in [-0.39, 0.29) is 24.7 Å². The fourth-order valence-electron chi connectivity index (χ4n) is 1.39. The van der Waals surface area contributed by atoms with E-state index in [1.807, 2.05) is 0 Å². The summed E-state index contributed by atoms with van der Waals surface area (Å²) in [5.74, 6) is -1.28. The van der Waals surface area contributed by atoms with Crippen LogP contribution in [0.25, 0.3) is 0 Å². The third-order valence-corrected chi connectivity index (χ3v) is 3.99. The number of halogens is 2. The normalized spacial score (nSPS) is 10.1. The molecule has 0 saturated heterocycles. The van der Waals surface area contributed by atoms with E-state index in [2.05, 4.69) is 6.58 Å². The first kappa shape index (κ1) is 16.9. The van der Waals surface area contributed by atoms with Crippen LogP contribution in [-0.2, 0) is 9.59 Å². The number of carbonyl (C=O) groups is 2. The number of hydrogen-bond acceptors (Lipinski definition) is 3. The topological polar surface area (TPSA) is 57.6 Å². The summed E-state index contributed by atoms with van der Waals surface area (Å²) in [4.78, 5) is 24.5. The molecule has 108 valence electrons. The molecule has 1 rings (SSSR count). The quantitative estimate of drug-likeness (QED) is 0.615. The third kappa shape index (κ3) is 5.45. The lowest BCUT2D eigenvalue weighted by atomic mass is 10.4. The van der Waals surface area contributed by atoms with Gasteiger partial charge in [-0.05, 0) is 18.2 Å². The minimum Gasteiger partial charge on any atom is -0.480 e. The summed E-state index contributed by atoms with van der Waals surface area (Å²) < 4.78 is 0. The number of carbonyl (C=O) groups excluding carboxylic acids is 1. The summed E-state index contributed by atoms with van der Waals surface area (Å²) in [5.41, 5.74) is 0. The summed E-state index contributed by atoms with van der Waals surface area (Å²) in [6.45, 7) is 3.34. The molecule has 1 aromatic carbocycles. The molecule has 0 aliphatic carbocycles. The Kier molecular flexibility index (Phi) is 6.91. The number of carboxylic acid groups (broad SMARTS) is 1. The minimum atomic E-state index is -1.06. The molecule has 1 N–H and O–H groups in total. The number of thioether (sulfide) groups is 1. The lowest BCUT2D eigenvalue weighted by molar-refractivity contribution is -0.143. The van der Waals surface area contributed by atoms with Crippen molar-refractivity contribution in [3.05, 3.63) is 40.9 Å². The van der Waals surface area contributed by atoms with Gasteiger partial charge in [0.1, 0.15) is 6.54 Å². The van der Waals surface area contributed by atoms with Crippen LogP contribution in [0.5, 0.6) is 0 Å². The van der Waals surface area contributed by atoms with Gasteiger partial charge in [0.25, 0.3) is 0 Å². The summed E-state index contributed by atoms with van der Waals surface area (Å²) in [7, 11) is 0. The van der Waals surface area contributed by atoms with Gasteiger partial charge in [0.15, 0.2) is 0 Å². The third-order valence-electron chi connectivity index (χ3n) is 2.27. The lowest BCUT2D eigenvalue weighted by Crippen LogP contribution is -2.36. The van der Waals surface area contributed by atoms with E-state index in [1.165, 1.54) is 22.7 Å². The van der Waals surface area contributed by atoms with Gasteiger partial charge in [-0.25, -0.2) is 0 Å². The van der Waals surface area contributed by atoms with E-state index in [9.17, 15) is 9.59 Å². The Morgan fingerprint density at radius 3 is 2.70 bits per heavy atom. The van der Waals surface area contributed by atoms with Crippen molar-refractivity contribution in [1.82, 2.24) is 4.90 Å². The smallest absolute Gasteiger partial charge is 0.323 e. The van der Waals surface area contributed by atoms with E-state index in [1.54, 1.807) is 18.2 Å². The molecule has 0 radical (unpaired) electrons. The largest absolute Gasteiger partial charge is 0.480 e. The van der Waals surface area contributed by atoms with Gasteiger partial charge < -0.3 is 10.0 Å². The first-order valence-electron chi connectivity index (χ1n) is 5.62. The fourth-order valence-corrected chi connectivity index (χ4v) is 2.79. The molecule has 0 bridgehead atoms. The first-order chi connectivity index (χ1) is 9.43. The molecule has 0 unspecified atom stereocenters. The Labute approximate surface area is 131 Å². The van der Waals surface area contributed by atoms with Gasteiger partial charge in [-0.1, -0.05) is 29.3 Å². The Morgan fingerprint density at radius 1 is 1.40 bits per heavy atom. The maximum Gasteiger partial charge on any atom is 0.323 e. The van der Waals surface area contributed by atoms with Crippen molar-refractivity contribution < 1.29 is 14.7 Å². The predicted octanol–water partition coefficient (Wildman–Crippen LogP) is 3.18. The Bertz CT molecular complexity index is 522. The predicted molar refractivity (Wildman–Crippen MR) is 81.6 cm³/mol. The molecule has 0 heterocycles. The highest BCUT2D eigenvalue weighted by Crippen LogP contribution is 2.29. The second-order valence-electron chi connectivity index (χ2n) is 3.82. The Balaban J connectivity index is 2.66. The van der Waals surface area contributed by atoms with Crippen LogP contribution in [0.15, 0.2) is 35.7 Å². The maximum atomic E-state index is 12.0. The van der Waals surface area contributed by atoms with Crippen LogP contribution < -0.4 is 0 Å². The average molecular weight is 334 g/mol. The lowest BCUT2D eigenvalue weighted by Gasteiger charge is -2.18. The van der Waals surface area contributed by atoms with Gasteiger partial charge in [-0.2, -0.15) is 0 Å². The van der Waals surface area contributed by atoms with E-state index in [0.29, 0.717) is 14.9 Å². The zero-order valence-corrected chi connectivity index (χ0v) is 12.8. The van der Waals surface area contributed by atoms with Gasteiger partial charge in [0.2, 0.25) is 5.91 Å². The van der Waals surface area contributed by atoms with Crippen molar-refractivity contribution in [3.8, 4) is 0 Å². The standard InChI is InChI=1S/C13H13Cl2NO3S/c1-2-5-16(7-13(18)19)12(17)8-20-11-6-9(14)3-4-10(11)15/h2-4,6H,1,5,7-8H2,(H,18,19). The number of rotatable bonds is 7. The molecule has 0 saturated carbocycles. The highest BCUT2D eigenvalue weighted by Gasteiger charge is 2.16. The molecule has 20 heavy (non-hydrogen) atoms. The molecule has 1 amide bonds. The van der Waals surface area contributed by atoms with E-state index >= 15 is 0 Å². The zero-order valence-electron chi connectivity index (χ0n) is 10.5.